The summed E-state index contributed by atoms with van der Waals surface area (Å²) in [6.07, 6.45) is 6.56. The van der Waals surface area contributed by atoms with Gasteiger partial charge in [-0.1, -0.05) is 26.2 Å². The average molecular weight is 142 g/mol. The van der Waals surface area contributed by atoms with Crippen LogP contribution in [-0.2, 0) is 0 Å². The van der Waals surface area contributed by atoms with Crippen LogP contribution in [0.1, 0.15) is 39.0 Å². The molecule has 1 aliphatic carbocycles. The van der Waals surface area contributed by atoms with Crippen LogP contribution in [0.25, 0.3) is 0 Å². The molecular weight excluding hydrogens is 124 g/mol. The van der Waals surface area contributed by atoms with Crippen LogP contribution in [0, 0.1) is 11.8 Å². The first kappa shape index (κ1) is 8.06. The SMILES string of the molecule is CC[C@H]1CCC[C@@H](CO)C1. The molecule has 1 N–H and O–H groups in total. The quantitative estimate of drug-likeness (QED) is 0.626. The molecule has 0 heterocycles. The van der Waals surface area contributed by atoms with Crippen molar-refractivity contribution in [1.29, 1.82) is 0 Å². The minimum atomic E-state index is 0.413. The van der Waals surface area contributed by atoms with E-state index in [1.54, 1.807) is 0 Å². The number of aliphatic hydroxyl groups is 1. The Morgan fingerprint density at radius 1 is 1.30 bits per heavy atom. The fourth-order valence-corrected chi connectivity index (χ4v) is 1.94. The summed E-state index contributed by atoms with van der Waals surface area (Å²) in [5.41, 5.74) is 0. The molecule has 0 bridgehead atoms. The summed E-state index contributed by atoms with van der Waals surface area (Å²) in [6.45, 7) is 2.67. The zero-order valence-electron chi connectivity index (χ0n) is 6.84. The molecule has 0 aromatic carbocycles. The Morgan fingerprint density at radius 3 is 2.60 bits per heavy atom. The highest BCUT2D eigenvalue weighted by Crippen LogP contribution is 2.30. The topological polar surface area (TPSA) is 20.2 Å². The van der Waals surface area contributed by atoms with Gasteiger partial charge in [0.25, 0.3) is 0 Å². The first-order chi connectivity index (χ1) is 4.86. The summed E-state index contributed by atoms with van der Waals surface area (Å²) in [4.78, 5) is 0. The number of hydrogen-bond acceptors (Lipinski definition) is 1. The minimum absolute atomic E-state index is 0.413. The molecule has 0 aromatic rings. The highest BCUT2D eigenvalue weighted by molar-refractivity contribution is 4.71. The number of aliphatic hydroxyl groups excluding tert-OH is 1. The van der Waals surface area contributed by atoms with Gasteiger partial charge in [0.2, 0.25) is 0 Å². The summed E-state index contributed by atoms with van der Waals surface area (Å²) < 4.78 is 0. The molecule has 10 heavy (non-hydrogen) atoms. The summed E-state index contributed by atoms with van der Waals surface area (Å²) in [5, 5.41) is 8.90. The summed E-state index contributed by atoms with van der Waals surface area (Å²) >= 11 is 0. The van der Waals surface area contributed by atoms with Crippen LogP contribution in [0.2, 0.25) is 0 Å². The largest absolute Gasteiger partial charge is 0.396 e. The molecule has 1 nitrogen and oxygen atoms in total. The molecule has 1 saturated carbocycles. The van der Waals surface area contributed by atoms with Gasteiger partial charge < -0.3 is 5.11 Å². The molecule has 0 saturated heterocycles. The van der Waals surface area contributed by atoms with Gasteiger partial charge in [0, 0.05) is 6.61 Å². The molecule has 1 heteroatoms. The van der Waals surface area contributed by atoms with Crippen molar-refractivity contribution in [3.8, 4) is 0 Å². The van der Waals surface area contributed by atoms with E-state index in [0.29, 0.717) is 12.5 Å². The van der Waals surface area contributed by atoms with E-state index in [-0.39, 0.29) is 0 Å². The maximum atomic E-state index is 8.90. The van der Waals surface area contributed by atoms with E-state index in [1.807, 2.05) is 0 Å². The van der Waals surface area contributed by atoms with Crippen LogP contribution < -0.4 is 0 Å². The fourth-order valence-electron chi connectivity index (χ4n) is 1.94. The molecule has 1 aliphatic rings. The average Bonchev–Trinajstić information content (AvgIpc) is 2.05. The zero-order chi connectivity index (χ0) is 7.40. The zero-order valence-corrected chi connectivity index (χ0v) is 6.84. The van der Waals surface area contributed by atoms with Gasteiger partial charge in [0.05, 0.1) is 0 Å². The van der Waals surface area contributed by atoms with Crippen LogP contribution >= 0.6 is 0 Å². The molecule has 0 radical (unpaired) electrons. The lowest BCUT2D eigenvalue weighted by Crippen LogP contribution is -2.17. The van der Waals surface area contributed by atoms with E-state index in [9.17, 15) is 0 Å². The Labute approximate surface area is 63.4 Å². The van der Waals surface area contributed by atoms with Crippen molar-refractivity contribution in [1.82, 2.24) is 0 Å². The van der Waals surface area contributed by atoms with Crippen LogP contribution in [0.4, 0.5) is 0 Å². The maximum Gasteiger partial charge on any atom is 0.0459 e. The monoisotopic (exact) mass is 142 g/mol. The Morgan fingerprint density at radius 2 is 2.00 bits per heavy atom. The van der Waals surface area contributed by atoms with E-state index in [2.05, 4.69) is 6.92 Å². The van der Waals surface area contributed by atoms with E-state index in [4.69, 9.17) is 5.11 Å². The van der Waals surface area contributed by atoms with E-state index in [1.165, 1.54) is 32.1 Å². The van der Waals surface area contributed by atoms with Crippen molar-refractivity contribution in [3.05, 3.63) is 0 Å². The van der Waals surface area contributed by atoms with Crippen molar-refractivity contribution >= 4 is 0 Å². The highest BCUT2D eigenvalue weighted by atomic mass is 16.3. The summed E-state index contributed by atoms with van der Waals surface area (Å²) in [5.74, 6) is 1.53. The molecule has 1 rings (SSSR count). The Hall–Kier alpha value is -0.0400. The van der Waals surface area contributed by atoms with Crippen molar-refractivity contribution in [2.24, 2.45) is 11.8 Å². The molecule has 0 unspecified atom stereocenters. The lowest BCUT2D eigenvalue weighted by molar-refractivity contribution is 0.159. The third kappa shape index (κ3) is 1.98. The first-order valence-corrected chi connectivity index (χ1v) is 4.47. The van der Waals surface area contributed by atoms with Crippen LogP contribution in [0.5, 0.6) is 0 Å². The third-order valence-corrected chi connectivity index (χ3v) is 2.73. The number of hydrogen-bond donors (Lipinski definition) is 1. The highest BCUT2D eigenvalue weighted by Gasteiger charge is 2.19. The number of rotatable bonds is 2. The van der Waals surface area contributed by atoms with Gasteiger partial charge >= 0.3 is 0 Å². The maximum absolute atomic E-state index is 8.90. The molecule has 2 atom stereocenters. The molecule has 1 fully saturated rings. The smallest absolute Gasteiger partial charge is 0.0459 e. The second-order valence-electron chi connectivity index (χ2n) is 3.49. The van der Waals surface area contributed by atoms with Gasteiger partial charge in [-0.15, -0.1) is 0 Å². The molecule has 0 aromatic heterocycles. The predicted octanol–water partition coefficient (Wildman–Crippen LogP) is 2.20. The van der Waals surface area contributed by atoms with Crippen molar-refractivity contribution in [3.63, 3.8) is 0 Å². The van der Waals surface area contributed by atoms with Crippen molar-refractivity contribution in [2.45, 2.75) is 39.0 Å². The third-order valence-electron chi connectivity index (χ3n) is 2.73. The van der Waals surface area contributed by atoms with Gasteiger partial charge in [-0.05, 0) is 24.7 Å². The first-order valence-electron chi connectivity index (χ1n) is 4.47. The van der Waals surface area contributed by atoms with Gasteiger partial charge in [-0.3, -0.25) is 0 Å². The summed E-state index contributed by atoms with van der Waals surface area (Å²) in [6, 6.07) is 0. The lowest BCUT2D eigenvalue weighted by Gasteiger charge is -2.26. The summed E-state index contributed by atoms with van der Waals surface area (Å²) in [7, 11) is 0. The minimum Gasteiger partial charge on any atom is -0.396 e. The molecule has 0 amide bonds. The van der Waals surface area contributed by atoms with E-state index >= 15 is 0 Å². The Balaban J connectivity index is 2.25. The van der Waals surface area contributed by atoms with Gasteiger partial charge in [0.1, 0.15) is 0 Å². The Bertz CT molecular complexity index is 80.7. The lowest BCUT2D eigenvalue weighted by atomic mass is 9.81. The van der Waals surface area contributed by atoms with Crippen LogP contribution in [-0.4, -0.2) is 11.7 Å². The predicted molar refractivity (Wildman–Crippen MR) is 42.8 cm³/mol. The van der Waals surface area contributed by atoms with Crippen LogP contribution in [0.3, 0.4) is 0 Å². The molecule has 60 valence electrons. The standard InChI is InChI=1S/C9H18O/c1-2-8-4-3-5-9(6-8)7-10/h8-10H,2-7H2,1H3/t8-,9+/m0/s1. The molecule has 0 aliphatic heterocycles. The Kier molecular flexibility index (Phi) is 3.20. The van der Waals surface area contributed by atoms with Crippen molar-refractivity contribution in [2.75, 3.05) is 6.61 Å². The molecule has 0 spiro atoms. The normalized spacial score (nSPS) is 34.2. The van der Waals surface area contributed by atoms with Crippen LogP contribution in [0.15, 0.2) is 0 Å². The van der Waals surface area contributed by atoms with E-state index < -0.39 is 0 Å². The van der Waals surface area contributed by atoms with Crippen molar-refractivity contribution < 1.29 is 5.11 Å². The van der Waals surface area contributed by atoms with E-state index in [0.717, 1.165) is 5.92 Å². The molecular formula is C9H18O. The second-order valence-corrected chi connectivity index (χ2v) is 3.49. The fraction of sp³-hybridized carbons (Fsp3) is 1.00. The second kappa shape index (κ2) is 3.97. The van der Waals surface area contributed by atoms with Gasteiger partial charge in [-0.2, -0.15) is 0 Å². The van der Waals surface area contributed by atoms with Gasteiger partial charge in [0.15, 0.2) is 0 Å². The van der Waals surface area contributed by atoms with Gasteiger partial charge in [-0.25, -0.2) is 0 Å².